The van der Waals surface area contributed by atoms with E-state index in [1.165, 1.54) is 18.2 Å². The Kier molecular flexibility index (Phi) is 4.83. The lowest BCUT2D eigenvalue weighted by Crippen LogP contribution is -2.48. The molecule has 20 heavy (non-hydrogen) atoms. The number of nitrogens with zero attached hydrogens (tertiary/aromatic N) is 1. The number of nitrogens with two attached hydrogens (primary N) is 1. The molecule has 0 heterocycles. The third kappa shape index (κ3) is 3.77. The smallest absolute Gasteiger partial charge is 0.269 e. The van der Waals surface area contributed by atoms with Crippen LogP contribution in [-0.2, 0) is 0 Å². The van der Waals surface area contributed by atoms with Crippen molar-refractivity contribution in [3.05, 3.63) is 39.4 Å². The molecule has 0 aromatic heterocycles. The normalized spacial score (nSPS) is 12.8. The van der Waals surface area contributed by atoms with E-state index in [1.54, 1.807) is 6.92 Å². The maximum absolute atomic E-state index is 12.2. The molecule has 1 unspecified atom stereocenters. The van der Waals surface area contributed by atoms with Crippen LogP contribution in [0.15, 0.2) is 18.2 Å². The van der Waals surface area contributed by atoms with Gasteiger partial charge in [0.2, 0.25) is 0 Å². The Hall–Kier alpha value is -1.95. The van der Waals surface area contributed by atoms with Gasteiger partial charge < -0.3 is 11.1 Å². The van der Waals surface area contributed by atoms with Crippen molar-refractivity contribution in [3.8, 4) is 0 Å². The number of aryl methyl sites for hydroxylation is 1. The second-order valence-electron chi connectivity index (χ2n) is 5.88. The summed E-state index contributed by atoms with van der Waals surface area (Å²) in [5, 5.41) is 13.6. The van der Waals surface area contributed by atoms with Crippen molar-refractivity contribution in [2.75, 3.05) is 6.54 Å². The number of nitrogens with one attached hydrogen (secondary N) is 1. The maximum atomic E-state index is 12.2. The predicted octanol–water partition coefficient (Wildman–Crippen LogP) is 2.01. The van der Waals surface area contributed by atoms with Crippen molar-refractivity contribution in [1.82, 2.24) is 5.32 Å². The van der Waals surface area contributed by atoms with Gasteiger partial charge in [-0.3, -0.25) is 14.9 Å². The Morgan fingerprint density at radius 2 is 2.05 bits per heavy atom. The number of carbonyl (C=O) groups is 1. The summed E-state index contributed by atoms with van der Waals surface area (Å²) < 4.78 is 0. The van der Waals surface area contributed by atoms with Gasteiger partial charge in [0.15, 0.2) is 0 Å². The van der Waals surface area contributed by atoms with Crippen LogP contribution in [-0.4, -0.2) is 23.4 Å². The molecule has 0 spiro atoms. The standard InChI is InChI=1S/C14H21N3O3/c1-9-7-10(17(19)20)5-6-11(9)13(18)16-12(8-15)14(2,3)4/h5-7,12H,8,15H2,1-4H3,(H,16,18). The number of hydrogen-bond donors (Lipinski definition) is 2. The van der Waals surface area contributed by atoms with Crippen LogP contribution in [0, 0.1) is 22.5 Å². The zero-order valence-corrected chi connectivity index (χ0v) is 12.3. The van der Waals surface area contributed by atoms with E-state index in [-0.39, 0.29) is 23.1 Å². The first kappa shape index (κ1) is 16.1. The van der Waals surface area contributed by atoms with E-state index in [0.29, 0.717) is 17.7 Å². The molecule has 1 amide bonds. The Morgan fingerprint density at radius 3 is 2.45 bits per heavy atom. The Bertz CT molecular complexity index is 521. The van der Waals surface area contributed by atoms with Gasteiger partial charge in [0.05, 0.1) is 4.92 Å². The first-order valence-corrected chi connectivity index (χ1v) is 6.42. The Balaban J connectivity index is 2.96. The molecule has 1 aromatic carbocycles. The highest BCUT2D eigenvalue weighted by Gasteiger charge is 2.26. The molecule has 0 bridgehead atoms. The van der Waals surface area contributed by atoms with Crippen LogP contribution in [0.4, 0.5) is 5.69 Å². The van der Waals surface area contributed by atoms with Gasteiger partial charge in [-0.1, -0.05) is 20.8 Å². The van der Waals surface area contributed by atoms with Crippen LogP contribution in [0.5, 0.6) is 0 Å². The molecule has 0 aliphatic rings. The third-order valence-electron chi connectivity index (χ3n) is 3.25. The first-order valence-electron chi connectivity index (χ1n) is 6.42. The molecule has 6 heteroatoms. The van der Waals surface area contributed by atoms with Crippen LogP contribution >= 0.6 is 0 Å². The van der Waals surface area contributed by atoms with Crippen LogP contribution in [0.25, 0.3) is 0 Å². The summed E-state index contributed by atoms with van der Waals surface area (Å²) in [7, 11) is 0. The van der Waals surface area contributed by atoms with Gasteiger partial charge in [-0.05, 0) is 24.0 Å². The van der Waals surface area contributed by atoms with Crippen LogP contribution in [0.3, 0.4) is 0 Å². The number of benzene rings is 1. The molecular formula is C14H21N3O3. The molecule has 1 atom stereocenters. The third-order valence-corrected chi connectivity index (χ3v) is 3.25. The zero-order valence-electron chi connectivity index (χ0n) is 12.3. The predicted molar refractivity (Wildman–Crippen MR) is 77.6 cm³/mol. The molecule has 0 fully saturated rings. The number of nitro groups is 1. The second kappa shape index (κ2) is 6.00. The van der Waals surface area contributed by atoms with E-state index >= 15 is 0 Å². The molecule has 0 radical (unpaired) electrons. The second-order valence-corrected chi connectivity index (χ2v) is 5.88. The van der Waals surface area contributed by atoms with E-state index in [0.717, 1.165) is 0 Å². The lowest BCUT2D eigenvalue weighted by Gasteiger charge is -2.30. The number of amides is 1. The van der Waals surface area contributed by atoms with E-state index in [4.69, 9.17) is 5.73 Å². The molecule has 1 rings (SSSR count). The van der Waals surface area contributed by atoms with E-state index in [9.17, 15) is 14.9 Å². The summed E-state index contributed by atoms with van der Waals surface area (Å²) in [6.07, 6.45) is 0. The Morgan fingerprint density at radius 1 is 1.45 bits per heavy atom. The number of non-ortho nitro benzene ring substituents is 1. The van der Waals surface area contributed by atoms with Crippen molar-refractivity contribution in [2.45, 2.75) is 33.7 Å². The SMILES string of the molecule is Cc1cc([N+](=O)[O-])ccc1C(=O)NC(CN)C(C)(C)C. The Labute approximate surface area is 118 Å². The largest absolute Gasteiger partial charge is 0.347 e. The van der Waals surface area contributed by atoms with E-state index in [1.807, 2.05) is 20.8 Å². The molecule has 1 aromatic rings. The van der Waals surface area contributed by atoms with Crippen molar-refractivity contribution in [1.29, 1.82) is 0 Å². The van der Waals surface area contributed by atoms with Gasteiger partial charge in [-0.25, -0.2) is 0 Å². The van der Waals surface area contributed by atoms with Crippen molar-refractivity contribution in [2.24, 2.45) is 11.1 Å². The van der Waals surface area contributed by atoms with Crippen LogP contribution in [0.2, 0.25) is 0 Å². The summed E-state index contributed by atoms with van der Waals surface area (Å²) in [4.78, 5) is 22.4. The minimum atomic E-state index is -0.480. The van der Waals surface area contributed by atoms with Crippen molar-refractivity contribution < 1.29 is 9.72 Å². The lowest BCUT2D eigenvalue weighted by atomic mass is 9.86. The molecule has 0 aliphatic heterocycles. The fourth-order valence-electron chi connectivity index (χ4n) is 1.88. The zero-order chi connectivity index (χ0) is 15.5. The summed E-state index contributed by atoms with van der Waals surface area (Å²) >= 11 is 0. The molecule has 0 saturated carbocycles. The highest BCUT2D eigenvalue weighted by Crippen LogP contribution is 2.20. The fraction of sp³-hybridized carbons (Fsp3) is 0.500. The van der Waals surface area contributed by atoms with Crippen molar-refractivity contribution >= 4 is 11.6 Å². The van der Waals surface area contributed by atoms with Gasteiger partial charge in [-0.15, -0.1) is 0 Å². The van der Waals surface area contributed by atoms with Gasteiger partial charge in [0, 0.05) is 30.3 Å². The molecular weight excluding hydrogens is 258 g/mol. The lowest BCUT2D eigenvalue weighted by molar-refractivity contribution is -0.384. The van der Waals surface area contributed by atoms with E-state index in [2.05, 4.69) is 5.32 Å². The molecule has 6 nitrogen and oxygen atoms in total. The van der Waals surface area contributed by atoms with Crippen molar-refractivity contribution in [3.63, 3.8) is 0 Å². The topological polar surface area (TPSA) is 98.3 Å². The summed E-state index contributed by atoms with van der Waals surface area (Å²) in [6, 6.07) is 4.03. The summed E-state index contributed by atoms with van der Waals surface area (Å²) in [5.74, 6) is -0.261. The molecule has 110 valence electrons. The van der Waals surface area contributed by atoms with Gasteiger partial charge in [0.1, 0.15) is 0 Å². The first-order chi connectivity index (χ1) is 9.16. The monoisotopic (exact) mass is 279 g/mol. The number of hydrogen-bond acceptors (Lipinski definition) is 4. The maximum Gasteiger partial charge on any atom is 0.269 e. The molecule has 3 N–H and O–H groups in total. The fourth-order valence-corrected chi connectivity index (χ4v) is 1.88. The van der Waals surface area contributed by atoms with Crippen LogP contribution in [0.1, 0.15) is 36.7 Å². The molecule has 0 saturated heterocycles. The summed E-state index contributed by atoms with van der Waals surface area (Å²) in [5.41, 5.74) is 6.51. The average Bonchev–Trinajstić information content (AvgIpc) is 2.33. The van der Waals surface area contributed by atoms with Gasteiger partial charge in [-0.2, -0.15) is 0 Å². The van der Waals surface area contributed by atoms with Gasteiger partial charge in [0.25, 0.3) is 11.6 Å². The minimum absolute atomic E-state index is 0.0229. The van der Waals surface area contributed by atoms with Crippen LogP contribution < -0.4 is 11.1 Å². The summed E-state index contributed by atoms with van der Waals surface area (Å²) in [6.45, 7) is 7.99. The van der Waals surface area contributed by atoms with Gasteiger partial charge >= 0.3 is 0 Å². The highest BCUT2D eigenvalue weighted by atomic mass is 16.6. The average molecular weight is 279 g/mol. The quantitative estimate of drug-likeness (QED) is 0.650. The molecule has 0 aliphatic carbocycles. The number of nitro benzene ring substituents is 1. The van der Waals surface area contributed by atoms with E-state index < -0.39 is 4.92 Å². The number of rotatable bonds is 4. The number of carbonyl (C=O) groups excluding carboxylic acids is 1. The minimum Gasteiger partial charge on any atom is -0.347 e. The highest BCUT2D eigenvalue weighted by molar-refractivity contribution is 5.96.